The normalized spacial score (nSPS) is 40.8. The molecular weight excluding hydrogens is 336 g/mol. The fourth-order valence-corrected chi connectivity index (χ4v) is 7.54. The van der Waals surface area contributed by atoms with Gasteiger partial charge in [-0.15, -0.1) is 0 Å². The summed E-state index contributed by atoms with van der Waals surface area (Å²) in [4.78, 5) is 13.0. The van der Waals surface area contributed by atoms with Crippen LogP contribution in [0.2, 0.25) is 0 Å². The second-order valence-corrected chi connectivity index (χ2v) is 10.8. The van der Waals surface area contributed by atoms with E-state index >= 15 is 0 Å². The third-order valence-electron chi connectivity index (χ3n) is 9.31. The van der Waals surface area contributed by atoms with Crippen LogP contribution in [0.1, 0.15) is 97.8 Å². The van der Waals surface area contributed by atoms with Gasteiger partial charge in [-0.2, -0.15) is 0 Å². The van der Waals surface area contributed by atoms with Crippen LogP contribution >= 0.6 is 0 Å². The SMILES string of the molecule is CC1C2CC(C1C)C(C(C)(O)CC(=O)OC1(C3CCCCC3)CCCC1)C2. The molecule has 27 heavy (non-hydrogen) atoms. The lowest BCUT2D eigenvalue weighted by Crippen LogP contribution is -2.46. The summed E-state index contributed by atoms with van der Waals surface area (Å²) in [6.45, 7) is 6.61. The van der Waals surface area contributed by atoms with Crippen molar-refractivity contribution >= 4 is 5.97 Å². The maximum atomic E-state index is 13.0. The molecule has 3 nitrogen and oxygen atoms in total. The molecule has 0 spiro atoms. The molecule has 4 rings (SSSR count). The lowest BCUT2D eigenvalue weighted by atomic mass is 9.68. The summed E-state index contributed by atoms with van der Waals surface area (Å²) in [7, 11) is 0. The van der Waals surface area contributed by atoms with Crippen molar-refractivity contribution < 1.29 is 14.6 Å². The average Bonchev–Trinajstić information content (AvgIpc) is 3.34. The van der Waals surface area contributed by atoms with Gasteiger partial charge >= 0.3 is 5.97 Å². The molecule has 0 amide bonds. The van der Waals surface area contributed by atoms with Crippen molar-refractivity contribution in [1.82, 2.24) is 0 Å². The van der Waals surface area contributed by atoms with Gasteiger partial charge in [0.05, 0.1) is 12.0 Å². The van der Waals surface area contributed by atoms with Crippen LogP contribution in [0.15, 0.2) is 0 Å². The van der Waals surface area contributed by atoms with Crippen molar-refractivity contribution in [2.24, 2.45) is 35.5 Å². The number of hydrogen-bond acceptors (Lipinski definition) is 3. The van der Waals surface area contributed by atoms with Gasteiger partial charge in [0.15, 0.2) is 0 Å². The first-order valence-corrected chi connectivity index (χ1v) is 11.8. The van der Waals surface area contributed by atoms with Crippen molar-refractivity contribution in [3.63, 3.8) is 0 Å². The Morgan fingerprint density at radius 1 is 1.04 bits per heavy atom. The first kappa shape index (κ1) is 19.7. The highest BCUT2D eigenvalue weighted by Gasteiger charge is 2.55. The minimum atomic E-state index is -0.919. The van der Waals surface area contributed by atoms with Gasteiger partial charge < -0.3 is 9.84 Å². The predicted octanol–water partition coefficient (Wildman–Crippen LogP) is 5.49. The van der Waals surface area contributed by atoms with E-state index in [0.717, 1.165) is 31.1 Å². The van der Waals surface area contributed by atoms with Crippen LogP contribution in [-0.2, 0) is 9.53 Å². The summed E-state index contributed by atoms with van der Waals surface area (Å²) >= 11 is 0. The second-order valence-electron chi connectivity index (χ2n) is 10.8. The Kier molecular flexibility index (Phi) is 5.37. The van der Waals surface area contributed by atoms with Gasteiger partial charge in [-0.3, -0.25) is 4.79 Å². The summed E-state index contributed by atoms with van der Waals surface area (Å²) < 4.78 is 6.26. The number of carbonyl (C=O) groups excluding carboxylic acids is 1. The maximum Gasteiger partial charge on any atom is 0.309 e. The van der Waals surface area contributed by atoms with E-state index in [1.807, 2.05) is 6.92 Å². The van der Waals surface area contributed by atoms with Crippen molar-refractivity contribution in [3.05, 3.63) is 0 Å². The molecule has 154 valence electrons. The Hall–Kier alpha value is -0.570. The van der Waals surface area contributed by atoms with Gasteiger partial charge in [-0.05, 0) is 93.8 Å². The number of aliphatic hydroxyl groups is 1. The topological polar surface area (TPSA) is 46.5 Å². The van der Waals surface area contributed by atoms with E-state index < -0.39 is 5.60 Å². The van der Waals surface area contributed by atoms with Gasteiger partial charge in [-0.25, -0.2) is 0 Å². The van der Waals surface area contributed by atoms with Crippen LogP contribution in [0.5, 0.6) is 0 Å². The predicted molar refractivity (Wildman–Crippen MR) is 107 cm³/mol. The molecule has 0 saturated heterocycles. The van der Waals surface area contributed by atoms with Gasteiger partial charge in [0, 0.05) is 0 Å². The molecule has 0 radical (unpaired) electrons. The average molecular weight is 377 g/mol. The van der Waals surface area contributed by atoms with Crippen LogP contribution in [0, 0.1) is 35.5 Å². The Bertz CT molecular complexity index is 540. The number of fused-ring (bicyclic) bond motifs is 2. The number of carbonyl (C=O) groups is 1. The number of ether oxygens (including phenoxy) is 1. The number of esters is 1. The third-order valence-corrected chi connectivity index (χ3v) is 9.31. The molecule has 6 atom stereocenters. The van der Waals surface area contributed by atoms with E-state index in [2.05, 4.69) is 13.8 Å². The Balaban J connectivity index is 1.40. The monoisotopic (exact) mass is 376 g/mol. The zero-order valence-corrected chi connectivity index (χ0v) is 17.7. The van der Waals surface area contributed by atoms with E-state index in [-0.39, 0.29) is 23.9 Å². The van der Waals surface area contributed by atoms with Crippen LogP contribution in [-0.4, -0.2) is 22.3 Å². The highest BCUT2D eigenvalue weighted by Crippen LogP contribution is 2.58. The van der Waals surface area contributed by atoms with Gasteiger partial charge in [-0.1, -0.05) is 33.1 Å². The molecular formula is C24H40O3. The van der Waals surface area contributed by atoms with Crippen LogP contribution in [0.25, 0.3) is 0 Å². The molecule has 0 heterocycles. The van der Waals surface area contributed by atoms with E-state index in [0.29, 0.717) is 17.8 Å². The zero-order chi connectivity index (χ0) is 19.2. The van der Waals surface area contributed by atoms with Crippen LogP contribution in [0.4, 0.5) is 0 Å². The van der Waals surface area contributed by atoms with Crippen LogP contribution < -0.4 is 0 Å². The molecule has 4 saturated carbocycles. The smallest absolute Gasteiger partial charge is 0.309 e. The maximum absolute atomic E-state index is 13.0. The fraction of sp³-hybridized carbons (Fsp3) is 0.958. The third kappa shape index (κ3) is 3.58. The van der Waals surface area contributed by atoms with Crippen molar-refractivity contribution in [2.75, 3.05) is 0 Å². The molecule has 1 N–H and O–H groups in total. The fourth-order valence-electron chi connectivity index (χ4n) is 7.54. The minimum Gasteiger partial charge on any atom is -0.459 e. The standard InChI is InChI=1S/C24H40O3/c1-16-17(2)20-13-18(16)14-21(20)23(3,26)15-22(25)27-24(11-7-8-12-24)19-9-5-4-6-10-19/h16-21,26H,4-15H2,1-3H3. The Labute approximate surface area is 165 Å². The van der Waals surface area contributed by atoms with Crippen molar-refractivity contribution in [2.45, 2.75) is 109 Å². The minimum absolute atomic E-state index is 0.143. The zero-order valence-electron chi connectivity index (χ0n) is 17.7. The second kappa shape index (κ2) is 7.35. The molecule has 0 aromatic carbocycles. The summed E-state index contributed by atoms with van der Waals surface area (Å²) in [5.74, 6) is 3.41. The first-order chi connectivity index (χ1) is 12.8. The molecule has 0 aliphatic heterocycles. The number of rotatable bonds is 5. The van der Waals surface area contributed by atoms with Gasteiger partial charge in [0.2, 0.25) is 0 Å². The first-order valence-electron chi connectivity index (χ1n) is 11.8. The van der Waals surface area contributed by atoms with E-state index in [9.17, 15) is 9.90 Å². The largest absolute Gasteiger partial charge is 0.459 e. The van der Waals surface area contributed by atoms with Gasteiger partial charge in [0.1, 0.15) is 5.60 Å². The molecule has 2 bridgehead atoms. The molecule has 4 aliphatic carbocycles. The lowest BCUT2D eigenvalue weighted by molar-refractivity contribution is -0.175. The molecule has 4 aliphatic rings. The molecule has 4 fully saturated rings. The summed E-state index contributed by atoms with van der Waals surface area (Å²) in [5, 5.41) is 11.3. The van der Waals surface area contributed by atoms with Gasteiger partial charge in [0.25, 0.3) is 0 Å². The van der Waals surface area contributed by atoms with Crippen molar-refractivity contribution in [3.8, 4) is 0 Å². The molecule has 0 aromatic heterocycles. The van der Waals surface area contributed by atoms with E-state index in [1.165, 1.54) is 51.4 Å². The van der Waals surface area contributed by atoms with Crippen molar-refractivity contribution in [1.29, 1.82) is 0 Å². The summed E-state index contributed by atoms with van der Waals surface area (Å²) in [6, 6.07) is 0. The van der Waals surface area contributed by atoms with E-state index in [4.69, 9.17) is 4.74 Å². The lowest BCUT2D eigenvalue weighted by Gasteiger charge is -2.42. The number of hydrogen-bond donors (Lipinski definition) is 1. The highest BCUT2D eigenvalue weighted by atomic mass is 16.6. The highest BCUT2D eigenvalue weighted by molar-refractivity contribution is 5.71. The Morgan fingerprint density at radius 2 is 1.70 bits per heavy atom. The summed E-state index contributed by atoms with van der Waals surface area (Å²) in [5.41, 5.74) is -1.14. The molecule has 0 aromatic rings. The van der Waals surface area contributed by atoms with E-state index in [1.54, 1.807) is 0 Å². The molecule has 3 heteroatoms. The quantitative estimate of drug-likeness (QED) is 0.645. The van der Waals surface area contributed by atoms with Crippen LogP contribution in [0.3, 0.4) is 0 Å². The molecule has 6 unspecified atom stereocenters. The Morgan fingerprint density at radius 3 is 2.30 bits per heavy atom. The summed E-state index contributed by atoms with van der Waals surface area (Å²) in [6.07, 6.45) is 13.3.